The van der Waals surface area contributed by atoms with Crippen molar-refractivity contribution in [1.29, 1.82) is 0 Å². The number of halogens is 1. The molecule has 0 spiro atoms. The molecule has 1 atom stereocenters. The number of hydrogen-bond donors (Lipinski definition) is 1. The molecule has 0 aliphatic carbocycles. The van der Waals surface area contributed by atoms with E-state index in [4.69, 9.17) is 11.6 Å². The van der Waals surface area contributed by atoms with Gasteiger partial charge < -0.3 is 9.67 Å². The lowest BCUT2D eigenvalue weighted by atomic mass is 10.1. The van der Waals surface area contributed by atoms with Crippen molar-refractivity contribution in [1.82, 2.24) is 4.57 Å². The number of aliphatic hydroxyl groups is 1. The maximum absolute atomic E-state index is 9.75. The normalized spacial score (nSPS) is 13.6. The number of aromatic nitrogens is 1. The van der Waals surface area contributed by atoms with Crippen molar-refractivity contribution >= 4 is 22.5 Å². The third-order valence-corrected chi connectivity index (χ3v) is 3.15. The predicted molar refractivity (Wildman–Crippen MR) is 68.0 cm³/mol. The number of aliphatic hydroxyl groups excluding tert-OH is 1. The van der Waals surface area contributed by atoms with Gasteiger partial charge in [0.15, 0.2) is 0 Å². The molecule has 86 valence electrons. The second-order valence-electron chi connectivity index (χ2n) is 4.40. The van der Waals surface area contributed by atoms with Gasteiger partial charge in [-0.1, -0.05) is 23.7 Å². The Morgan fingerprint density at radius 2 is 1.94 bits per heavy atom. The van der Waals surface area contributed by atoms with Crippen molar-refractivity contribution in [3.63, 3.8) is 0 Å². The zero-order valence-corrected chi connectivity index (χ0v) is 10.5. The molecular formula is C13H16ClNO. The first kappa shape index (κ1) is 11.5. The third kappa shape index (κ3) is 1.72. The van der Waals surface area contributed by atoms with Gasteiger partial charge >= 0.3 is 0 Å². The van der Waals surface area contributed by atoms with Gasteiger partial charge in [0.25, 0.3) is 0 Å². The van der Waals surface area contributed by atoms with Gasteiger partial charge in [-0.2, -0.15) is 0 Å². The summed E-state index contributed by atoms with van der Waals surface area (Å²) in [6.45, 7) is 5.99. The van der Waals surface area contributed by atoms with Gasteiger partial charge in [0.2, 0.25) is 0 Å². The lowest BCUT2D eigenvalue weighted by molar-refractivity contribution is 0.200. The van der Waals surface area contributed by atoms with Crippen molar-refractivity contribution in [2.45, 2.75) is 32.9 Å². The van der Waals surface area contributed by atoms with Crippen LogP contribution in [-0.4, -0.2) is 9.67 Å². The van der Waals surface area contributed by atoms with E-state index in [-0.39, 0.29) is 0 Å². The quantitative estimate of drug-likeness (QED) is 0.841. The van der Waals surface area contributed by atoms with Crippen LogP contribution in [0.2, 0.25) is 5.02 Å². The maximum Gasteiger partial charge on any atom is 0.0782 e. The van der Waals surface area contributed by atoms with Crippen molar-refractivity contribution in [3.05, 3.63) is 35.0 Å². The Morgan fingerprint density at radius 1 is 1.25 bits per heavy atom. The molecule has 2 rings (SSSR count). The second kappa shape index (κ2) is 4.11. The van der Waals surface area contributed by atoms with Crippen LogP contribution in [0.25, 0.3) is 10.9 Å². The van der Waals surface area contributed by atoms with E-state index in [1.165, 1.54) is 0 Å². The summed E-state index contributed by atoms with van der Waals surface area (Å²) in [6.07, 6.45) is 1.52. The van der Waals surface area contributed by atoms with E-state index < -0.39 is 6.10 Å². The van der Waals surface area contributed by atoms with Gasteiger partial charge in [-0.15, -0.1) is 0 Å². The first-order chi connectivity index (χ1) is 7.52. The van der Waals surface area contributed by atoms with E-state index in [1.54, 1.807) is 6.92 Å². The lowest BCUT2D eigenvalue weighted by Crippen LogP contribution is -1.98. The monoisotopic (exact) mass is 237 g/mol. The van der Waals surface area contributed by atoms with Gasteiger partial charge in [-0.25, -0.2) is 0 Å². The molecular weight excluding hydrogens is 222 g/mol. The molecule has 0 amide bonds. The smallest absolute Gasteiger partial charge is 0.0782 e. The van der Waals surface area contributed by atoms with Crippen molar-refractivity contribution in [2.75, 3.05) is 0 Å². The van der Waals surface area contributed by atoms with Gasteiger partial charge in [-0.3, -0.25) is 0 Å². The lowest BCUT2D eigenvalue weighted by Gasteiger charge is -2.09. The predicted octanol–water partition coefficient (Wildman–Crippen LogP) is 3.93. The van der Waals surface area contributed by atoms with Crippen LogP contribution in [0.3, 0.4) is 0 Å². The highest BCUT2D eigenvalue weighted by Gasteiger charge is 2.15. The fourth-order valence-corrected chi connectivity index (χ4v) is 2.31. The molecule has 0 bridgehead atoms. The van der Waals surface area contributed by atoms with Gasteiger partial charge in [-0.05, 0) is 26.8 Å². The highest BCUT2D eigenvalue weighted by Crippen LogP contribution is 2.33. The topological polar surface area (TPSA) is 25.2 Å². The summed E-state index contributed by atoms with van der Waals surface area (Å²) in [5.74, 6) is 0. The summed E-state index contributed by atoms with van der Waals surface area (Å²) >= 11 is 6.22. The molecule has 0 aliphatic heterocycles. The molecule has 1 unspecified atom stereocenters. The number of nitrogens with zero attached hydrogens (tertiary/aromatic N) is 1. The number of para-hydroxylation sites is 1. The fourth-order valence-electron chi connectivity index (χ4n) is 2.03. The second-order valence-corrected chi connectivity index (χ2v) is 4.80. The van der Waals surface area contributed by atoms with Gasteiger partial charge in [0, 0.05) is 23.2 Å². The Hall–Kier alpha value is -0.990. The van der Waals surface area contributed by atoms with Crippen LogP contribution in [0.15, 0.2) is 24.4 Å². The molecule has 0 saturated carbocycles. The molecule has 0 fully saturated rings. The summed E-state index contributed by atoms with van der Waals surface area (Å²) in [5.41, 5.74) is 1.95. The number of benzene rings is 1. The molecule has 1 N–H and O–H groups in total. The molecule has 16 heavy (non-hydrogen) atoms. The highest BCUT2D eigenvalue weighted by atomic mass is 35.5. The molecule has 0 aliphatic rings. The molecule has 1 aromatic heterocycles. The zero-order chi connectivity index (χ0) is 11.9. The molecule has 2 nitrogen and oxygen atoms in total. The minimum absolute atomic E-state index is 0.329. The Labute approximate surface area is 100 Å². The summed E-state index contributed by atoms with van der Waals surface area (Å²) in [4.78, 5) is 0. The summed E-state index contributed by atoms with van der Waals surface area (Å²) in [5, 5.41) is 11.5. The molecule has 0 saturated heterocycles. The molecule has 1 heterocycles. The Kier molecular flexibility index (Phi) is 2.96. The van der Waals surface area contributed by atoms with Crippen LogP contribution in [0.5, 0.6) is 0 Å². The van der Waals surface area contributed by atoms with Crippen LogP contribution in [-0.2, 0) is 0 Å². The Bertz CT molecular complexity index is 514. The minimum Gasteiger partial charge on any atom is -0.389 e. The van der Waals surface area contributed by atoms with Crippen molar-refractivity contribution in [3.8, 4) is 0 Å². The zero-order valence-electron chi connectivity index (χ0n) is 9.74. The van der Waals surface area contributed by atoms with Crippen LogP contribution in [0.1, 0.15) is 38.5 Å². The number of fused-ring (bicyclic) bond motifs is 1. The van der Waals surface area contributed by atoms with E-state index in [0.717, 1.165) is 21.5 Å². The van der Waals surface area contributed by atoms with Gasteiger partial charge in [0.05, 0.1) is 16.6 Å². The standard InChI is InChI=1S/C13H16ClNO/c1-8(2)15-7-11(9(3)16)10-5-4-6-12(14)13(10)15/h4-9,16H,1-3H3. The first-order valence-corrected chi connectivity index (χ1v) is 5.87. The van der Waals surface area contributed by atoms with E-state index >= 15 is 0 Å². The number of hydrogen-bond acceptors (Lipinski definition) is 1. The van der Waals surface area contributed by atoms with Crippen LogP contribution in [0, 0.1) is 0 Å². The molecule has 0 radical (unpaired) electrons. The van der Waals surface area contributed by atoms with Crippen molar-refractivity contribution in [2.24, 2.45) is 0 Å². The van der Waals surface area contributed by atoms with Crippen LogP contribution < -0.4 is 0 Å². The third-order valence-electron chi connectivity index (χ3n) is 2.84. The molecule has 1 aromatic carbocycles. The summed E-state index contributed by atoms with van der Waals surface area (Å²) < 4.78 is 2.11. The summed E-state index contributed by atoms with van der Waals surface area (Å²) in [7, 11) is 0. The average Bonchev–Trinajstić information content (AvgIpc) is 2.58. The van der Waals surface area contributed by atoms with Crippen molar-refractivity contribution < 1.29 is 5.11 Å². The number of rotatable bonds is 2. The average molecular weight is 238 g/mol. The van der Waals surface area contributed by atoms with Crippen LogP contribution >= 0.6 is 11.6 Å². The van der Waals surface area contributed by atoms with E-state index in [2.05, 4.69) is 18.4 Å². The molecule has 2 aromatic rings. The Balaban J connectivity index is 2.82. The van der Waals surface area contributed by atoms with Gasteiger partial charge in [0.1, 0.15) is 0 Å². The Morgan fingerprint density at radius 3 is 2.50 bits per heavy atom. The van der Waals surface area contributed by atoms with E-state index in [1.807, 2.05) is 24.4 Å². The fraction of sp³-hybridized carbons (Fsp3) is 0.385. The van der Waals surface area contributed by atoms with E-state index in [0.29, 0.717) is 6.04 Å². The van der Waals surface area contributed by atoms with E-state index in [9.17, 15) is 5.11 Å². The maximum atomic E-state index is 9.75. The minimum atomic E-state index is -0.471. The highest BCUT2D eigenvalue weighted by molar-refractivity contribution is 6.35. The first-order valence-electron chi connectivity index (χ1n) is 5.49. The van der Waals surface area contributed by atoms with Crippen LogP contribution in [0.4, 0.5) is 0 Å². The molecule has 3 heteroatoms. The summed E-state index contributed by atoms with van der Waals surface area (Å²) in [6, 6.07) is 6.13. The SMILES string of the molecule is CC(O)c1cn(C(C)C)c2c(Cl)cccc12. The largest absolute Gasteiger partial charge is 0.389 e.